The van der Waals surface area contributed by atoms with Crippen LogP contribution in [-0.2, 0) is 6.42 Å². The molecule has 10 aromatic carbocycles. The van der Waals surface area contributed by atoms with E-state index in [0.717, 1.165) is 65.9 Å². The number of benzene rings is 10. The first-order chi connectivity index (χ1) is 28.8. The Balaban J connectivity index is 1.16. The van der Waals surface area contributed by atoms with Crippen molar-refractivity contribution < 1.29 is 8.22 Å². The maximum Gasteiger partial charge on any atom is 0.0636 e. The van der Waals surface area contributed by atoms with Gasteiger partial charge in [0.15, 0.2) is 0 Å². The molecule has 1 aliphatic rings. The summed E-state index contributed by atoms with van der Waals surface area (Å²) in [4.78, 5) is 0. The number of rotatable bonds is 4. The second-order valence-corrected chi connectivity index (χ2v) is 13.8. The van der Waals surface area contributed by atoms with E-state index in [1.165, 1.54) is 10.9 Å². The quantitative estimate of drug-likeness (QED) is 0.163. The Hall–Kier alpha value is -6.76. The summed E-state index contributed by atoms with van der Waals surface area (Å²) >= 11 is 0. The molecule has 0 bridgehead atoms. The van der Waals surface area contributed by atoms with Gasteiger partial charge in [-0.05, 0) is 128 Å². The third-order valence-electron chi connectivity index (χ3n) is 10.9. The summed E-state index contributed by atoms with van der Waals surface area (Å²) in [5.74, 6) is 0. The van der Waals surface area contributed by atoms with Crippen LogP contribution in [0.1, 0.15) is 19.4 Å². The first-order valence-electron chi connectivity index (χ1n) is 21.1. The zero-order valence-corrected chi connectivity index (χ0v) is 28.7. The molecule has 0 atom stereocenters. The highest BCUT2D eigenvalue weighted by atomic mass is 14.3. The first-order valence-corrected chi connectivity index (χ1v) is 18.1. The third kappa shape index (κ3) is 4.69. The molecule has 0 aromatic heterocycles. The van der Waals surface area contributed by atoms with Gasteiger partial charge in [0.05, 0.1) is 8.22 Å². The summed E-state index contributed by atoms with van der Waals surface area (Å²) in [6.07, 6.45) is 0.672. The summed E-state index contributed by atoms with van der Waals surface area (Å²) < 4.78 is 57.8. The lowest BCUT2D eigenvalue weighted by Gasteiger charge is -2.18. The van der Waals surface area contributed by atoms with Gasteiger partial charge in [0.1, 0.15) is 0 Å². The maximum absolute atomic E-state index is 9.78. The van der Waals surface area contributed by atoms with Gasteiger partial charge in [0, 0.05) is 0 Å². The van der Waals surface area contributed by atoms with E-state index in [1.807, 2.05) is 72.8 Å². The van der Waals surface area contributed by atoms with E-state index in [9.17, 15) is 8.22 Å². The van der Waals surface area contributed by atoms with Crippen LogP contribution in [-0.4, -0.2) is 0 Å². The van der Waals surface area contributed by atoms with Crippen LogP contribution in [0.4, 0.5) is 0 Å². The normalized spacial score (nSPS) is 13.7. The molecule has 0 fully saturated rings. The van der Waals surface area contributed by atoms with Crippen molar-refractivity contribution in [3.63, 3.8) is 0 Å². The Morgan fingerprint density at radius 3 is 1.57 bits per heavy atom. The molecule has 0 heteroatoms. The summed E-state index contributed by atoms with van der Waals surface area (Å²) in [7, 11) is 0. The zero-order valence-electron chi connectivity index (χ0n) is 34.7. The molecular weight excluding hydrogens is 637 g/mol. The van der Waals surface area contributed by atoms with Crippen molar-refractivity contribution >= 4 is 43.1 Å². The molecule has 11 rings (SSSR count). The van der Waals surface area contributed by atoms with Crippen LogP contribution in [0.5, 0.6) is 0 Å². The van der Waals surface area contributed by atoms with E-state index in [-0.39, 0.29) is 58.2 Å². The fourth-order valence-electron chi connectivity index (χ4n) is 8.64. The van der Waals surface area contributed by atoms with Crippen molar-refractivity contribution in [1.82, 2.24) is 0 Å². The van der Waals surface area contributed by atoms with E-state index in [4.69, 9.17) is 0 Å². The highest BCUT2D eigenvalue weighted by Crippen LogP contribution is 2.48. The van der Waals surface area contributed by atoms with Gasteiger partial charge < -0.3 is 0 Å². The van der Waals surface area contributed by atoms with Gasteiger partial charge in [-0.2, -0.15) is 0 Å². The third-order valence-corrected chi connectivity index (χ3v) is 10.9. The standard InChI is InChI=1S/C53H34/c1-2-14-35(15-3-1)51-45-19-6-8-21-47(45)53(48-22-9-7-20-46(48)51)40-30-28-36-31-38(29-27-37(36)32-40)42-23-11-17-39-33-50-44(25-12-26-49(50)52(39)42)43-24-10-16-34-13-4-5-18-41(34)43/h1-32H,33H2/i27D,28D,29D,30D,31D,32D. The van der Waals surface area contributed by atoms with Crippen molar-refractivity contribution in [1.29, 1.82) is 0 Å². The molecule has 0 N–H and O–H groups in total. The van der Waals surface area contributed by atoms with Gasteiger partial charge in [0.2, 0.25) is 0 Å². The summed E-state index contributed by atoms with van der Waals surface area (Å²) in [6.45, 7) is 0. The monoisotopic (exact) mass is 676 g/mol. The van der Waals surface area contributed by atoms with Gasteiger partial charge >= 0.3 is 0 Å². The Labute approximate surface area is 317 Å². The molecule has 0 saturated heterocycles. The molecule has 0 radical (unpaired) electrons. The van der Waals surface area contributed by atoms with Crippen LogP contribution in [0.3, 0.4) is 0 Å². The smallest absolute Gasteiger partial charge is 0.0622 e. The molecule has 246 valence electrons. The van der Waals surface area contributed by atoms with Crippen LogP contribution in [0.2, 0.25) is 0 Å². The van der Waals surface area contributed by atoms with E-state index in [2.05, 4.69) is 84.9 Å². The van der Waals surface area contributed by atoms with Gasteiger partial charge in [-0.3, -0.25) is 0 Å². The molecule has 0 heterocycles. The average Bonchev–Trinajstić information content (AvgIpc) is 3.66. The SMILES string of the molecule is [2H]c1c(-c2c3ccccc3c(-c3ccccc3)c3ccccc23)c([2H])c2c([2H])c([2H])c(-c3cccc4c3-c3cccc(-c5cccc6ccccc56)c3C4)c([2H])c2c1[2H]. The predicted octanol–water partition coefficient (Wildman–Crippen LogP) is 14.5. The average molecular weight is 677 g/mol. The molecule has 0 nitrogen and oxygen atoms in total. The Bertz CT molecular complexity index is 3360. The van der Waals surface area contributed by atoms with Gasteiger partial charge in [-0.1, -0.05) is 182 Å². The van der Waals surface area contributed by atoms with Crippen molar-refractivity contribution in [3.05, 3.63) is 205 Å². The topological polar surface area (TPSA) is 0 Å². The zero-order chi connectivity index (χ0) is 40.1. The molecule has 53 heavy (non-hydrogen) atoms. The van der Waals surface area contributed by atoms with Crippen molar-refractivity contribution in [2.45, 2.75) is 6.42 Å². The first kappa shape index (κ1) is 24.4. The Kier molecular flexibility index (Phi) is 5.49. The van der Waals surface area contributed by atoms with Crippen LogP contribution >= 0.6 is 0 Å². The van der Waals surface area contributed by atoms with Crippen LogP contribution in [0, 0.1) is 0 Å². The lowest BCUT2D eigenvalue weighted by Crippen LogP contribution is -1.91. The molecule has 10 aromatic rings. The highest BCUT2D eigenvalue weighted by molar-refractivity contribution is 6.21. The van der Waals surface area contributed by atoms with Gasteiger partial charge in [-0.15, -0.1) is 0 Å². The fraction of sp³-hybridized carbons (Fsp3) is 0.0189. The Morgan fingerprint density at radius 2 is 0.830 bits per heavy atom. The number of hydrogen-bond acceptors (Lipinski definition) is 0. The molecule has 0 spiro atoms. The van der Waals surface area contributed by atoms with Crippen LogP contribution in [0.15, 0.2) is 194 Å². The molecule has 0 amide bonds. The van der Waals surface area contributed by atoms with Gasteiger partial charge in [-0.25, -0.2) is 0 Å². The van der Waals surface area contributed by atoms with Crippen molar-refractivity contribution in [3.8, 4) is 55.6 Å². The van der Waals surface area contributed by atoms with Gasteiger partial charge in [0.25, 0.3) is 0 Å². The second-order valence-electron chi connectivity index (χ2n) is 13.8. The molecule has 0 saturated carbocycles. The predicted molar refractivity (Wildman–Crippen MR) is 226 cm³/mol. The molecular formula is C53H34. The van der Waals surface area contributed by atoms with Crippen LogP contribution < -0.4 is 0 Å². The highest BCUT2D eigenvalue weighted by Gasteiger charge is 2.25. The largest absolute Gasteiger partial charge is 0.0636 e. The van der Waals surface area contributed by atoms with E-state index in [0.29, 0.717) is 17.5 Å². The lowest BCUT2D eigenvalue weighted by molar-refractivity contribution is 1.27. The van der Waals surface area contributed by atoms with Crippen LogP contribution in [0.25, 0.3) is 98.7 Å². The molecule has 0 unspecified atom stereocenters. The molecule has 0 aliphatic heterocycles. The lowest BCUT2D eigenvalue weighted by atomic mass is 9.85. The minimum atomic E-state index is -0.225. The summed E-state index contributed by atoms with van der Waals surface area (Å²) in [5.41, 5.74) is 10.3. The second kappa shape index (κ2) is 11.9. The summed E-state index contributed by atoms with van der Waals surface area (Å²) in [5, 5.41) is 5.98. The van der Waals surface area contributed by atoms with E-state index >= 15 is 0 Å². The maximum atomic E-state index is 9.78. The fourth-order valence-corrected chi connectivity index (χ4v) is 8.64. The number of hydrogen-bond donors (Lipinski definition) is 0. The summed E-state index contributed by atoms with van der Waals surface area (Å²) in [6, 6.07) is 52.1. The minimum absolute atomic E-state index is 0.0475. The Morgan fingerprint density at radius 1 is 0.321 bits per heavy atom. The molecule has 1 aliphatic carbocycles. The van der Waals surface area contributed by atoms with Crippen molar-refractivity contribution in [2.75, 3.05) is 0 Å². The minimum Gasteiger partial charge on any atom is -0.0622 e. The number of fused-ring (bicyclic) bond motifs is 7. The van der Waals surface area contributed by atoms with Crippen molar-refractivity contribution in [2.24, 2.45) is 0 Å². The van der Waals surface area contributed by atoms with E-state index < -0.39 is 0 Å². The van der Waals surface area contributed by atoms with E-state index in [1.54, 1.807) is 0 Å².